The van der Waals surface area contributed by atoms with Crippen LogP contribution in [0.25, 0.3) is 10.9 Å². The van der Waals surface area contributed by atoms with Gasteiger partial charge >= 0.3 is 5.97 Å². The number of H-pyrrole nitrogens is 1. The molecule has 0 aliphatic heterocycles. The lowest BCUT2D eigenvalue weighted by atomic mass is 10.1. The van der Waals surface area contributed by atoms with Gasteiger partial charge in [-0.15, -0.1) is 0 Å². The van der Waals surface area contributed by atoms with E-state index in [4.69, 9.17) is 15.2 Å². The summed E-state index contributed by atoms with van der Waals surface area (Å²) in [7, 11) is 0. The Kier molecular flexibility index (Phi) is 9.77. The Morgan fingerprint density at radius 3 is 2.21 bits per heavy atom. The van der Waals surface area contributed by atoms with Crippen LogP contribution in [-0.4, -0.2) is 33.5 Å². The molecule has 0 spiro atoms. The van der Waals surface area contributed by atoms with Crippen molar-refractivity contribution < 1.29 is 19.4 Å². The predicted octanol–water partition coefficient (Wildman–Crippen LogP) is 6.75. The van der Waals surface area contributed by atoms with E-state index in [1.54, 1.807) is 0 Å². The molecule has 43 heavy (non-hydrogen) atoms. The standard InChI is InChI=1S/C36H39N3O4/c1-25-7-5-9-27(19-25)23-42-33-12-4-3-11-30(33)21-39(18-16-32(37)36(40)41)22-31-14-13-29-15-17-38-34(29)35(31)43-24-28-10-6-8-26(2)20-28/h3-15,17,19-20,32,38H,16,18,21-24,37H2,1-2H3,(H,40,41)/t32-/m0/s1. The molecule has 1 heterocycles. The van der Waals surface area contributed by atoms with Crippen molar-refractivity contribution in [1.82, 2.24) is 9.88 Å². The third-order valence-electron chi connectivity index (χ3n) is 7.54. The number of carboxylic acid groups (broad SMARTS) is 1. The molecule has 0 amide bonds. The molecule has 0 fully saturated rings. The van der Waals surface area contributed by atoms with Crippen LogP contribution in [0, 0.1) is 13.8 Å². The van der Waals surface area contributed by atoms with Gasteiger partial charge in [-0.3, -0.25) is 9.69 Å². The summed E-state index contributed by atoms with van der Waals surface area (Å²) in [4.78, 5) is 17.1. The Hall–Kier alpha value is -4.59. The second-order valence-electron chi connectivity index (χ2n) is 11.1. The molecule has 0 saturated heterocycles. The average Bonchev–Trinajstić information content (AvgIpc) is 3.48. The number of aromatic nitrogens is 1. The fraction of sp³-hybridized carbons (Fsp3) is 0.250. The van der Waals surface area contributed by atoms with Crippen molar-refractivity contribution in [2.24, 2.45) is 5.73 Å². The minimum Gasteiger partial charge on any atom is -0.489 e. The highest BCUT2D eigenvalue weighted by molar-refractivity contribution is 5.86. The van der Waals surface area contributed by atoms with Crippen LogP contribution in [0.3, 0.4) is 0 Å². The number of rotatable bonds is 14. The highest BCUT2D eigenvalue weighted by Crippen LogP contribution is 2.32. The van der Waals surface area contributed by atoms with Crippen molar-refractivity contribution in [3.05, 3.63) is 131 Å². The Morgan fingerprint density at radius 2 is 1.51 bits per heavy atom. The Labute approximate surface area is 252 Å². The normalized spacial score (nSPS) is 12.0. The van der Waals surface area contributed by atoms with Gasteiger partial charge in [-0.25, -0.2) is 0 Å². The van der Waals surface area contributed by atoms with Gasteiger partial charge in [0.25, 0.3) is 0 Å². The van der Waals surface area contributed by atoms with Crippen LogP contribution in [0.15, 0.2) is 97.2 Å². The van der Waals surface area contributed by atoms with Gasteiger partial charge in [0.1, 0.15) is 30.8 Å². The topological polar surface area (TPSA) is 101 Å². The van der Waals surface area contributed by atoms with Crippen LogP contribution in [-0.2, 0) is 31.1 Å². The van der Waals surface area contributed by atoms with Crippen LogP contribution in [0.5, 0.6) is 11.5 Å². The zero-order valence-corrected chi connectivity index (χ0v) is 24.8. The molecule has 0 bridgehead atoms. The van der Waals surface area contributed by atoms with Crippen molar-refractivity contribution >= 4 is 16.9 Å². The number of nitrogens with zero attached hydrogens (tertiary/aromatic N) is 1. The van der Waals surface area contributed by atoms with Crippen molar-refractivity contribution in [1.29, 1.82) is 0 Å². The van der Waals surface area contributed by atoms with E-state index in [1.807, 2.05) is 42.6 Å². The summed E-state index contributed by atoms with van der Waals surface area (Å²) < 4.78 is 12.8. The average molecular weight is 578 g/mol. The Bertz CT molecular complexity index is 1680. The molecule has 0 aliphatic carbocycles. The molecule has 7 heteroatoms. The molecule has 0 aliphatic rings. The molecular formula is C36H39N3O4. The molecule has 4 N–H and O–H groups in total. The second-order valence-corrected chi connectivity index (χ2v) is 11.1. The van der Waals surface area contributed by atoms with E-state index in [-0.39, 0.29) is 0 Å². The van der Waals surface area contributed by atoms with E-state index < -0.39 is 12.0 Å². The first kappa shape index (κ1) is 29.9. The number of aryl methyl sites for hydroxylation is 2. The molecule has 0 unspecified atom stereocenters. The lowest BCUT2D eigenvalue weighted by molar-refractivity contribution is -0.138. The lowest BCUT2D eigenvalue weighted by Gasteiger charge is -2.26. The summed E-state index contributed by atoms with van der Waals surface area (Å²) in [5, 5.41) is 10.5. The molecule has 4 aromatic carbocycles. The van der Waals surface area contributed by atoms with Crippen LogP contribution in [0.2, 0.25) is 0 Å². The SMILES string of the molecule is Cc1cccc(COc2ccccc2CN(CC[C@H](N)C(=O)O)Cc2ccc3cc[nH]c3c2OCc2cccc(C)c2)c1. The summed E-state index contributed by atoms with van der Waals surface area (Å²) in [5.41, 5.74) is 13.5. The van der Waals surface area contributed by atoms with Crippen LogP contribution < -0.4 is 15.2 Å². The van der Waals surface area contributed by atoms with E-state index in [0.717, 1.165) is 44.7 Å². The molecule has 5 rings (SSSR count). The minimum absolute atomic E-state index is 0.311. The minimum atomic E-state index is -1.00. The first-order chi connectivity index (χ1) is 20.9. The van der Waals surface area contributed by atoms with Gasteiger partial charge < -0.3 is 25.3 Å². The highest BCUT2D eigenvalue weighted by Gasteiger charge is 2.19. The van der Waals surface area contributed by atoms with Crippen LogP contribution >= 0.6 is 0 Å². The molecule has 0 radical (unpaired) electrons. The first-order valence-corrected chi connectivity index (χ1v) is 14.6. The van der Waals surface area contributed by atoms with Gasteiger partial charge in [-0.2, -0.15) is 0 Å². The second kappa shape index (κ2) is 14.1. The monoisotopic (exact) mass is 577 g/mol. The maximum Gasteiger partial charge on any atom is 0.320 e. The van der Waals surface area contributed by atoms with Gasteiger partial charge in [-0.05, 0) is 43.5 Å². The van der Waals surface area contributed by atoms with Gasteiger partial charge in [0.05, 0.1) is 5.52 Å². The fourth-order valence-corrected chi connectivity index (χ4v) is 5.27. The molecule has 7 nitrogen and oxygen atoms in total. The molecule has 1 aromatic heterocycles. The van der Waals surface area contributed by atoms with Gasteiger partial charge in [0, 0.05) is 42.3 Å². The summed E-state index contributed by atoms with van der Waals surface area (Å²) in [6.07, 6.45) is 2.23. The van der Waals surface area contributed by atoms with E-state index in [1.165, 1.54) is 11.1 Å². The summed E-state index contributed by atoms with van der Waals surface area (Å²) in [5.74, 6) is 0.588. The lowest BCUT2D eigenvalue weighted by Crippen LogP contribution is -2.35. The third-order valence-corrected chi connectivity index (χ3v) is 7.54. The third kappa shape index (κ3) is 8.03. The number of carbonyl (C=O) groups is 1. The maximum absolute atomic E-state index is 11.6. The molecule has 1 atom stereocenters. The number of hydrogen-bond acceptors (Lipinski definition) is 5. The number of nitrogens with one attached hydrogen (secondary N) is 1. The number of aromatic amines is 1. The summed E-state index contributed by atoms with van der Waals surface area (Å²) in [6.45, 7) is 6.62. The maximum atomic E-state index is 11.6. The van der Waals surface area contributed by atoms with Crippen molar-refractivity contribution in [3.63, 3.8) is 0 Å². The van der Waals surface area contributed by atoms with E-state index in [9.17, 15) is 9.90 Å². The molecular weight excluding hydrogens is 538 g/mol. The van der Waals surface area contributed by atoms with E-state index in [2.05, 4.69) is 78.3 Å². The molecule has 222 valence electrons. The molecule has 5 aromatic rings. The number of hydrogen-bond donors (Lipinski definition) is 3. The number of fused-ring (bicyclic) bond motifs is 1. The van der Waals surface area contributed by atoms with Crippen molar-refractivity contribution in [2.45, 2.75) is 52.6 Å². The van der Waals surface area contributed by atoms with Gasteiger partial charge in [-0.1, -0.05) is 90.0 Å². The van der Waals surface area contributed by atoms with Crippen molar-refractivity contribution in [3.8, 4) is 11.5 Å². The zero-order valence-electron chi connectivity index (χ0n) is 24.8. The van der Waals surface area contributed by atoms with Crippen LogP contribution in [0.1, 0.15) is 39.8 Å². The summed E-state index contributed by atoms with van der Waals surface area (Å²) >= 11 is 0. The van der Waals surface area contributed by atoms with Gasteiger partial charge in [0.15, 0.2) is 0 Å². The van der Waals surface area contributed by atoms with Crippen molar-refractivity contribution in [2.75, 3.05) is 6.54 Å². The van der Waals surface area contributed by atoms with Gasteiger partial charge in [0.2, 0.25) is 0 Å². The summed E-state index contributed by atoms with van der Waals surface area (Å²) in [6, 6.07) is 29.8. The smallest absolute Gasteiger partial charge is 0.320 e. The quantitative estimate of drug-likeness (QED) is 0.135. The fourth-order valence-electron chi connectivity index (χ4n) is 5.27. The number of carboxylic acids is 1. The zero-order chi connectivity index (χ0) is 30.2. The number of ether oxygens (including phenoxy) is 2. The number of nitrogens with two attached hydrogens (primary N) is 1. The number of para-hydroxylation sites is 1. The highest BCUT2D eigenvalue weighted by atomic mass is 16.5. The Morgan fingerprint density at radius 1 is 0.837 bits per heavy atom. The van der Waals surface area contributed by atoms with E-state index >= 15 is 0 Å². The number of benzene rings is 4. The van der Waals surface area contributed by atoms with E-state index in [0.29, 0.717) is 39.3 Å². The number of aliphatic carboxylic acids is 1. The predicted molar refractivity (Wildman–Crippen MR) is 170 cm³/mol. The first-order valence-electron chi connectivity index (χ1n) is 14.6. The largest absolute Gasteiger partial charge is 0.489 e. The van der Waals surface area contributed by atoms with Crippen LogP contribution in [0.4, 0.5) is 0 Å². The molecule has 0 saturated carbocycles. The Balaban J connectivity index is 1.40.